The molecule has 0 unspecified atom stereocenters. The van der Waals surface area contributed by atoms with Crippen LogP contribution in [0.25, 0.3) is 16.5 Å². The van der Waals surface area contributed by atoms with Crippen LogP contribution in [0.2, 0.25) is 0 Å². The van der Waals surface area contributed by atoms with E-state index in [1.54, 1.807) is 12.3 Å². The van der Waals surface area contributed by atoms with Crippen LogP contribution < -0.4 is 4.74 Å². The molecule has 1 aromatic heterocycles. The molecule has 0 radical (unpaired) electrons. The lowest BCUT2D eigenvalue weighted by atomic mass is 10.0. The number of nitrogens with zero attached hydrogens (tertiary/aromatic N) is 2. The lowest BCUT2D eigenvalue weighted by Crippen LogP contribution is -2.48. The molecule has 2 aromatic carbocycles. The summed E-state index contributed by atoms with van der Waals surface area (Å²) in [6.07, 6.45) is 4.55. The summed E-state index contributed by atoms with van der Waals surface area (Å²) in [7, 11) is 0. The Labute approximate surface area is 190 Å². The van der Waals surface area contributed by atoms with Gasteiger partial charge in [-0.05, 0) is 50.0 Å². The Morgan fingerprint density at radius 2 is 1.88 bits per heavy atom. The molecule has 3 aromatic rings. The average Bonchev–Trinajstić information content (AvgIpc) is 3.18. The van der Waals surface area contributed by atoms with E-state index < -0.39 is 0 Å². The van der Waals surface area contributed by atoms with E-state index in [0.29, 0.717) is 6.61 Å². The first kappa shape index (κ1) is 22.2. The normalized spacial score (nSPS) is 15.3. The van der Waals surface area contributed by atoms with Crippen molar-refractivity contribution in [1.29, 1.82) is 0 Å². The third-order valence-electron chi connectivity index (χ3n) is 6.18. The minimum atomic E-state index is 0.0664. The number of rotatable bonds is 7. The van der Waals surface area contributed by atoms with Gasteiger partial charge in [0.15, 0.2) is 0 Å². The van der Waals surface area contributed by atoms with E-state index in [0.717, 1.165) is 72.6 Å². The average molecular weight is 433 g/mol. The summed E-state index contributed by atoms with van der Waals surface area (Å²) >= 11 is 0. The van der Waals surface area contributed by atoms with Crippen LogP contribution in [0.5, 0.6) is 5.75 Å². The van der Waals surface area contributed by atoms with Gasteiger partial charge in [0.25, 0.3) is 0 Å². The zero-order valence-electron chi connectivity index (χ0n) is 19.3. The van der Waals surface area contributed by atoms with Crippen LogP contribution in [0.15, 0.2) is 59.2 Å². The lowest BCUT2D eigenvalue weighted by Gasteiger charge is -2.34. The fourth-order valence-electron chi connectivity index (χ4n) is 4.24. The Bertz CT molecular complexity index is 1090. The number of aryl methyl sites for hydroxylation is 1. The number of hydrogen-bond acceptors (Lipinski definition) is 4. The SMILES string of the molecule is CCOc1cc2occ(C)c2cc1/C(C)=C/C(=O)N1CCN(CCc2ccccc2)CC1. The van der Waals surface area contributed by atoms with E-state index in [-0.39, 0.29) is 5.91 Å². The van der Waals surface area contributed by atoms with Crippen molar-refractivity contribution in [3.8, 4) is 5.75 Å². The second-order valence-corrected chi connectivity index (χ2v) is 8.43. The maximum absolute atomic E-state index is 13.0. The van der Waals surface area contributed by atoms with Gasteiger partial charge in [-0.25, -0.2) is 0 Å². The number of ether oxygens (including phenoxy) is 1. The number of fused-ring (bicyclic) bond motifs is 1. The van der Waals surface area contributed by atoms with Crippen LogP contribution in [0, 0.1) is 6.92 Å². The van der Waals surface area contributed by atoms with Crippen LogP contribution in [0.3, 0.4) is 0 Å². The summed E-state index contributed by atoms with van der Waals surface area (Å²) < 4.78 is 11.5. The Morgan fingerprint density at radius 3 is 2.59 bits per heavy atom. The maximum atomic E-state index is 13.0. The van der Waals surface area contributed by atoms with Gasteiger partial charge in [0.2, 0.25) is 5.91 Å². The zero-order chi connectivity index (χ0) is 22.5. The molecule has 0 saturated carbocycles. The molecular weight excluding hydrogens is 400 g/mol. The van der Waals surface area contributed by atoms with E-state index in [4.69, 9.17) is 9.15 Å². The molecule has 1 fully saturated rings. The third kappa shape index (κ3) is 5.05. The number of allylic oxidation sites excluding steroid dienone is 1. The highest BCUT2D eigenvalue weighted by molar-refractivity contribution is 5.97. The molecule has 1 amide bonds. The van der Waals surface area contributed by atoms with Gasteiger partial charge in [0, 0.05) is 55.8 Å². The maximum Gasteiger partial charge on any atom is 0.246 e. The fourth-order valence-corrected chi connectivity index (χ4v) is 4.24. The van der Waals surface area contributed by atoms with Gasteiger partial charge in [-0.2, -0.15) is 0 Å². The van der Waals surface area contributed by atoms with Crippen molar-refractivity contribution in [2.24, 2.45) is 0 Å². The second-order valence-electron chi connectivity index (χ2n) is 8.43. The first-order valence-corrected chi connectivity index (χ1v) is 11.4. The topological polar surface area (TPSA) is 45.9 Å². The molecule has 1 saturated heterocycles. The standard InChI is InChI=1S/C27H32N2O3/c1-4-31-25-18-26-24(21(3)19-32-26)17-23(25)20(2)16-27(30)29-14-12-28(13-15-29)11-10-22-8-6-5-7-9-22/h5-9,16-19H,4,10-15H2,1-3H3/b20-16+. The molecule has 0 N–H and O–H groups in total. The molecule has 1 aliphatic rings. The molecule has 2 heterocycles. The Morgan fingerprint density at radius 1 is 1.12 bits per heavy atom. The number of hydrogen-bond donors (Lipinski definition) is 0. The molecule has 1 aliphatic heterocycles. The fraction of sp³-hybridized carbons (Fsp3) is 0.370. The van der Waals surface area contributed by atoms with Crippen molar-refractivity contribution in [3.05, 3.63) is 71.5 Å². The van der Waals surface area contributed by atoms with Gasteiger partial charge in [0.05, 0.1) is 12.9 Å². The van der Waals surface area contributed by atoms with Crippen molar-refractivity contribution in [2.45, 2.75) is 27.2 Å². The van der Waals surface area contributed by atoms with Gasteiger partial charge in [-0.15, -0.1) is 0 Å². The number of carbonyl (C=O) groups excluding carboxylic acids is 1. The van der Waals surface area contributed by atoms with Crippen LogP contribution >= 0.6 is 0 Å². The highest BCUT2D eigenvalue weighted by atomic mass is 16.5. The van der Waals surface area contributed by atoms with Crippen LogP contribution in [-0.2, 0) is 11.2 Å². The molecule has 0 atom stereocenters. The minimum Gasteiger partial charge on any atom is -0.493 e. The van der Waals surface area contributed by atoms with E-state index in [1.165, 1.54) is 5.56 Å². The van der Waals surface area contributed by atoms with E-state index in [9.17, 15) is 4.79 Å². The molecular formula is C27H32N2O3. The first-order chi connectivity index (χ1) is 15.5. The van der Waals surface area contributed by atoms with Gasteiger partial charge in [-0.3, -0.25) is 9.69 Å². The number of piperazine rings is 1. The predicted molar refractivity (Wildman–Crippen MR) is 129 cm³/mol. The van der Waals surface area contributed by atoms with Crippen LogP contribution in [0.1, 0.15) is 30.5 Å². The Balaban J connectivity index is 1.40. The molecule has 0 spiro atoms. The molecule has 4 rings (SSSR count). The number of furan rings is 1. The van der Waals surface area contributed by atoms with Crippen molar-refractivity contribution < 1.29 is 13.9 Å². The van der Waals surface area contributed by atoms with Gasteiger partial charge in [0.1, 0.15) is 11.3 Å². The minimum absolute atomic E-state index is 0.0664. The molecule has 32 heavy (non-hydrogen) atoms. The number of benzene rings is 2. The predicted octanol–water partition coefficient (Wildman–Crippen LogP) is 4.93. The highest BCUT2D eigenvalue weighted by Crippen LogP contribution is 2.33. The van der Waals surface area contributed by atoms with Crippen LogP contribution in [-0.4, -0.2) is 55.0 Å². The smallest absolute Gasteiger partial charge is 0.246 e. The third-order valence-corrected chi connectivity index (χ3v) is 6.18. The van der Waals surface area contributed by atoms with Crippen LogP contribution in [0.4, 0.5) is 0 Å². The number of carbonyl (C=O) groups is 1. The molecule has 5 nitrogen and oxygen atoms in total. The van der Waals surface area contributed by atoms with Crippen molar-refractivity contribution in [3.63, 3.8) is 0 Å². The summed E-state index contributed by atoms with van der Waals surface area (Å²) in [4.78, 5) is 17.4. The Kier molecular flexibility index (Phi) is 6.96. The van der Waals surface area contributed by atoms with E-state index in [2.05, 4.69) is 41.3 Å². The van der Waals surface area contributed by atoms with E-state index in [1.807, 2.05) is 31.7 Å². The zero-order valence-corrected chi connectivity index (χ0v) is 19.3. The summed E-state index contributed by atoms with van der Waals surface area (Å²) in [6.45, 7) is 10.9. The molecule has 168 valence electrons. The quantitative estimate of drug-likeness (QED) is 0.497. The van der Waals surface area contributed by atoms with Gasteiger partial charge >= 0.3 is 0 Å². The van der Waals surface area contributed by atoms with Crippen molar-refractivity contribution in [2.75, 3.05) is 39.3 Å². The molecule has 5 heteroatoms. The lowest BCUT2D eigenvalue weighted by molar-refractivity contribution is -0.127. The summed E-state index contributed by atoms with van der Waals surface area (Å²) in [5.41, 5.74) is 5.10. The van der Waals surface area contributed by atoms with Crippen molar-refractivity contribution in [1.82, 2.24) is 9.80 Å². The highest BCUT2D eigenvalue weighted by Gasteiger charge is 2.20. The molecule has 0 aliphatic carbocycles. The first-order valence-electron chi connectivity index (χ1n) is 11.4. The Hall–Kier alpha value is -3.05. The molecule has 0 bridgehead atoms. The summed E-state index contributed by atoms with van der Waals surface area (Å²) in [5, 5.41) is 1.05. The summed E-state index contributed by atoms with van der Waals surface area (Å²) in [5.74, 6) is 0.818. The van der Waals surface area contributed by atoms with E-state index >= 15 is 0 Å². The van der Waals surface area contributed by atoms with Gasteiger partial charge < -0.3 is 14.1 Å². The summed E-state index contributed by atoms with van der Waals surface area (Å²) in [6, 6.07) is 14.6. The van der Waals surface area contributed by atoms with Crippen molar-refractivity contribution >= 4 is 22.4 Å². The monoisotopic (exact) mass is 432 g/mol. The second kappa shape index (κ2) is 10.0. The van der Waals surface area contributed by atoms with Gasteiger partial charge in [-0.1, -0.05) is 30.3 Å². The number of amides is 1. The largest absolute Gasteiger partial charge is 0.493 e.